The second-order valence-corrected chi connectivity index (χ2v) is 9.90. The van der Waals surface area contributed by atoms with Crippen molar-refractivity contribution in [3.8, 4) is 0 Å². The first kappa shape index (κ1) is 18.6. The minimum absolute atomic E-state index is 0. The van der Waals surface area contributed by atoms with Crippen LogP contribution < -0.4 is 0 Å². The van der Waals surface area contributed by atoms with Gasteiger partial charge in [0, 0.05) is 51.4 Å². The van der Waals surface area contributed by atoms with Crippen molar-refractivity contribution in [2.75, 3.05) is 0 Å². The molecule has 6 rings (SSSR count). The topological polar surface area (TPSA) is 68.3 Å². The molecule has 0 atom stereocenters. The average molecular weight is 561 g/mol. The quantitative estimate of drug-likeness (QED) is 0.315. The second kappa shape index (κ2) is 7.87. The Morgan fingerprint density at radius 1 is 0.594 bits per heavy atom. The lowest BCUT2D eigenvalue weighted by Crippen LogP contribution is -2.22. The molecular formula is C26H20Br2O4. The lowest BCUT2D eigenvalue weighted by atomic mass is 9.81. The van der Waals surface area contributed by atoms with E-state index in [0.717, 1.165) is 44.1 Å². The van der Waals surface area contributed by atoms with Crippen LogP contribution in [0.1, 0.15) is 61.5 Å². The van der Waals surface area contributed by atoms with Crippen molar-refractivity contribution in [2.45, 2.75) is 12.8 Å². The highest BCUT2D eigenvalue weighted by atomic mass is 79.9. The van der Waals surface area contributed by atoms with E-state index < -0.39 is 0 Å². The molecule has 4 aliphatic rings. The molecule has 0 heterocycles. The van der Waals surface area contributed by atoms with E-state index in [4.69, 9.17) is 5.94 Å². The van der Waals surface area contributed by atoms with Crippen molar-refractivity contribution in [3.05, 3.63) is 102 Å². The first-order valence-corrected chi connectivity index (χ1v) is 11.5. The number of rotatable bonds is 0. The smallest absolute Gasteiger partial charge is 0.194 e. The molecule has 0 amide bonds. The third-order valence-corrected chi connectivity index (χ3v) is 6.72. The summed E-state index contributed by atoms with van der Waals surface area (Å²) in [5, 5.41) is 0. The van der Waals surface area contributed by atoms with Gasteiger partial charge < -0.3 is 0 Å². The van der Waals surface area contributed by atoms with Crippen LogP contribution in [0.2, 0.25) is 0 Å². The van der Waals surface area contributed by atoms with Crippen molar-refractivity contribution >= 4 is 67.1 Å². The zero-order valence-electron chi connectivity index (χ0n) is 20.6. The van der Waals surface area contributed by atoms with E-state index in [1.807, 2.05) is 36.4 Å². The molecule has 4 aliphatic carbocycles. The molecule has 32 heavy (non-hydrogen) atoms. The third kappa shape index (κ3) is 3.63. The number of ketones is 4. The maximum atomic E-state index is 13.0. The van der Waals surface area contributed by atoms with Crippen molar-refractivity contribution in [3.63, 3.8) is 0 Å². The zero-order valence-corrected chi connectivity index (χ0v) is 19.7. The molecule has 0 saturated heterocycles. The molecule has 0 radical (unpaired) electrons. The van der Waals surface area contributed by atoms with E-state index in [9.17, 15) is 19.2 Å². The molecule has 0 fully saturated rings. The summed E-state index contributed by atoms with van der Waals surface area (Å²) in [7, 11) is 0. The number of fused-ring (bicyclic) bond motifs is 4. The maximum absolute atomic E-state index is 13.0. The van der Waals surface area contributed by atoms with Crippen molar-refractivity contribution in [1.82, 2.24) is 0 Å². The summed E-state index contributed by atoms with van der Waals surface area (Å²) in [4.78, 5) is 46.6. The van der Waals surface area contributed by atoms with Crippen LogP contribution >= 0.6 is 31.9 Å². The van der Waals surface area contributed by atoms with Crippen LogP contribution in [0.3, 0.4) is 0 Å². The van der Waals surface area contributed by atoms with Gasteiger partial charge in [-0.2, -0.15) is 0 Å². The lowest BCUT2D eigenvalue weighted by Gasteiger charge is -2.20. The minimum atomic E-state index is -0.121. The van der Waals surface area contributed by atoms with E-state index >= 15 is 0 Å². The summed E-state index contributed by atoms with van der Waals surface area (Å²) in [6, 6.07) is 7.50. The Bertz CT molecular complexity index is 1300. The van der Waals surface area contributed by atoms with Gasteiger partial charge in [0.05, 0.1) is 0 Å². The second-order valence-electron chi connectivity index (χ2n) is 7.86. The SMILES string of the molecule is O=C1C=CC(=O)C=C1.O=C1c2cc3c(cc2C(=O)c2cc4c(cc21)CC(Br)=C4)CC(Br)=C3.[2HH].[2H][2H].[2H][2H]. The fourth-order valence-electron chi connectivity index (χ4n) is 4.18. The van der Waals surface area contributed by atoms with Gasteiger partial charge in [-0.1, -0.05) is 31.9 Å². The third-order valence-electron chi connectivity index (χ3n) is 5.70. The Balaban J connectivity index is 0.000000315. The van der Waals surface area contributed by atoms with Crippen LogP contribution in [0, 0.1) is 0 Å². The highest BCUT2D eigenvalue weighted by molar-refractivity contribution is 9.12. The molecule has 4 nitrogen and oxygen atoms in total. The summed E-state index contributed by atoms with van der Waals surface area (Å²) < 4.78 is 22.2. The number of carbonyl (C=O) groups excluding carboxylic acids is 4. The van der Waals surface area contributed by atoms with Crippen LogP contribution in [0.15, 0.2) is 57.5 Å². The molecule has 2 aromatic carbocycles. The lowest BCUT2D eigenvalue weighted by molar-refractivity contribution is -0.113. The van der Waals surface area contributed by atoms with Crippen molar-refractivity contribution in [1.29, 1.82) is 0 Å². The number of hydrogen-bond acceptors (Lipinski definition) is 4. The normalized spacial score (nSPS) is 17.7. The van der Waals surface area contributed by atoms with Gasteiger partial charge in [0.1, 0.15) is 0 Å². The van der Waals surface area contributed by atoms with Gasteiger partial charge in [-0.05, 0) is 83.0 Å². The van der Waals surface area contributed by atoms with Crippen LogP contribution in [-0.2, 0) is 22.4 Å². The van der Waals surface area contributed by atoms with E-state index in [0.29, 0.717) is 22.3 Å². The molecule has 2 aromatic rings. The van der Waals surface area contributed by atoms with E-state index in [1.54, 1.807) is 0 Å². The Labute approximate surface area is 208 Å². The summed E-state index contributed by atoms with van der Waals surface area (Å²) in [5.41, 5.74) is 6.34. The van der Waals surface area contributed by atoms with Gasteiger partial charge in [0.15, 0.2) is 23.1 Å². The molecule has 6 heteroatoms. The van der Waals surface area contributed by atoms with Gasteiger partial charge in [0.25, 0.3) is 0 Å². The highest BCUT2D eigenvalue weighted by Gasteiger charge is 2.32. The van der Waals surface area contributed by atoms with Crippen LogP contribution in [0.5, 0.6) is 0 Å². The molecule has 0 saturated carbocycles. The van der Waals surface area contributed by atoms with Crippen molar-refractivity contribution in [2.24, 2.45) is 0 Å². The standard InChI is InChI=1S/C20H10Br2O2.C6H4O2.3H2/c21-13-1-9-5-15-16(6-10(9)2-13)20(24)18-8-12-4-14(22)3-11(12)7-17(18)19(15)23;7-5-1-2-6(8)4-3-5;;;/h1,4-8H,2-3H2;1-4H;3*1H/i;;2*1+1D;1+1. The van der Waals surface area contributed by atoms with Gasteiger partial charge >= 0.3 is 0 Å². The zero-order chi connectivity index (χ0) is 26.6. The molecule has 0 spiro atoms. The Kier molecular flexibility index (Phi) is 4.57. The van der Waals surface area contributed by atoms with E-state index in [-0.39, 0.29) is 24.6 Å². The number of allylic oxidation sites excluding steroid dienone is 6. The largest absolute Gasteiger partial charge is 0.290 e. The predicted octanol–water partition coefficient (Wildman–Crippen LogP) is 6.03. The summed E-state index contributed by atoms with van der Waals surface area (Å²) >= 11 is 7.02. The van der Waals surface area contributed by atoms with E-state index in [1.165, 1.54) is 24.3 Å². The number of halogens is 2. The monoisotopic (exact) mass is 559 g/mol. The molecular weight excluding hydrogens is 536 g/mol. The van der Waals surface area contributed by atoms with E-state index in [2.05, 4.69) is 31.9 Å². The van der Waals surface area contributed by atoms with Crippen LogP contribution in [-0.4, -0.2) is 23.1 Å². The van der Waals surface area contributed by atoms with Crippen LogP contribution in [0.4, 0.5) is 0 Å². The predicted molar refractivity (Wildman–Crippen MR) is 136 cm³/mol. The fourth-order valence-corrected chi connectivity index (χ4v) is 5.28. The van der Waals surface area contributed by atoms with Gasteiger partial charge in [-0.25, -0.2) is 0 Å². The summed E-state index contributed by atoms with van der Waals surface area (Å²) in [6.07, 6.45) is 10.6. The first-order valence-electron chi connectivity index (χ1n) is 11.9. The summed E-state index contributed by atoms with van der Waals surface area (Å²) in [6.45, 7) is 0. The van der Waals surface area contributed by atoms with Crippen LogP contribution in [0.25, 0.3) is 12.2 Å². The van der Waals surface area contributed by atoms with Gasteiger partial charge in [-0.3, -0.25) is 19.2 Å². The molecule has 0 bridgehead atoms. The molecule has 0 aromatic heterocycles. The Morgan fingerprint density at radius 3 is 1.31 bits per heavy atom. The first-order chi connectivity index (χ1) is 17.3. The highest BCUT2D eigenvalue weighted by Crippen LogP contribution is 2.38. The Morgan fingerprint density at radius 2 is 0.938 bits per heavy atom. The van der Waals surface area contributed by atoms with Crippen molar-refractivity contribution < 1.29 is 26.5 Å². The molecule has 0 N–H and O–H groups in total. The molecule has 0 aliphatic heterocycles. The Hall–Kier alpha value is -2.96. The average Bonchev–Trinajstić information content (AvgIpc) is 3.44. The molecule has 0 unspecified atom stereocenters. The fraction of sp³-hybridized carbons (Fsp3) is 0.0769. The number of hydrogen-bond donors (Lipinski definition) is 0. The van der Waals surface area contributed by atoms with Gasteiger partial charge in [-0.15, -0.1) is 0 Å². The van der Waals surface area contributed by atoms with Gasteiger partial charge in [0.2, 0.25) is 0 Å². The maximum Gasteiger partial charge on any atom is 0.194 e. The summed E-state index contributed by atoms with van der Waals surface area (Å²) in [5.74, 6) is -0.344. The number of carbonyl (C=O) groups is 4. The number of benzene rings is 2. The molecule has 162 valence electrons. The minimum Gasteiger partial charge on any atom is -0.290 e.